The number of fused-ring (bicyclic) bond motifs is 1. The summed E-state index contributed by atoms with van der Waals surface area (Å²) in [6.45, 7) is 0.551. The standard InChI is InChI=1S/C15H13N3O3/c1-21-12-7-5-11(6-8-12)9-17-10-13-14(16-17)3-2-4-15(13)18(19)20/h2-8,10H,9H2,1H3. The van der Waals surface area contributed by atoms with Gasteiger partial charge in [0.15, 0.2) is 0 Å². The lowest BCUT2D eigenvalue weighted by molar-refractivity contribution is -0.383. The van der Waals surface area contributed by atoms with Gasteiger partial charge in [-0.25, -0.2) is 0 Å². The van der Waals surface area contributed by atoms with Crippen LogP contribution in [-0.4, -0.2) is 21.8 Å². The van der Waals surface area contributed by atoms with Gasteiger partial charge in [0.05, 0.1) is 29.5 Å². The van der Waals surface area contributed by atoms with Crippen LogP contribution in [0.4, 0.5) is 5.69 Å². The van der Waals surface area contributed by atoms with Crippen LogP contribution in [0.25, 0.3) is 10.9 Å². The molecule has 0 fully saturated rings. The van der Waals surface area contributed by atoms with Crippen LogP contribution >= 0.6 is 0 Å². The molecule has 0 bridgehead atoms. The molecular formula is C15H13N3O3. The van der Waals surface area contributed by atoms with E-state index in [4.69, 9.17) is 4.74 Å². The first-order chi connectivity index (χ1) is 10.2. The van der Waals surface area contributed by atoms with E-state index in [1.54, 1.807) is 30.1 Å². The van der Waals surface area contributed by atoms with Crippen LogP contribution in [0, 0.1) is 10.1 Å². The molecule has 1 heterocycles. The fourth-order valence-electron chi connectivity index (χ4n) is 2.24. The second kappa shape index (κ2) is 5.24. The third-order valence-corrected chi connectivity index (χ3v) is 3.27. The quantitative estimate of drug-likeness (QED) is 0.545. The van der Waals surface area contributed by atoms with Crippen LogP contribution in [0.5, 0.6) is 5.75 Å². The van der Waals surface area contributed by atoms with Gasteiger partial charge in [-0.3, -0.25) is 14.8 Å². The van der Waals surface area contributed by atoms with Gasteiger partial charge in [0.1, 0.15) is 5.75 Å². The normalized spacial score (nSPS) is 10.7. The Kier molecular flexibility index (Phi) is 3.27. The van der Waals surface area contributed by atoms with E-state index in [9.17, 15) is 10.1 Å². The van der Waals surface area contributed by atoms with E-state index in [1.807, 2.05) is 24.3 Å². The highest BCUT2D eigenvalue weighted by atomic mass is 16.6. The number of methoxy groups -OCH3 is 1. The van der Waals surface area contributed by atoms with Crippen LogP contribution in [0.2, 0.25) is 0 Å². The van der Waals surface area contributed by atoms with E-state index in [0.717, 1.165) is 11.3 Å². The van der Waals surface area contributed by atoms with Crippen LogP contribution in [0.3, 0.4) is 0 Å². The number of ether oxygens (including phenoxy) is 1. The van der Waals surface area contributed by atoms with Gasteiger partial charge in [-0.15, -0.1) is 0 Å². The topological polar surface area (TPSA) is 70.2 Å². The molecular weight excluding hydrogens is 270 g/mol. The summed E-state index contributed by atoms with van der Waals surface area (Å²) < 4.78 is 6.82. The molecule has 0 spiro atoms. The molecule has 1 aromatic heterocycles. The van der Waals surface area contributed by atoms with E-state index in [1.165, 1.54) is 6.07 Å². The zero-order valence-corrected chi connectivity index (χ0v) is 11.4. The highest BCUT2D eigenvalue weighted by Gasteiger charge is 2.14. The van der Waals surface area contributed by atoms with Gasteiger partial charge in [0, 0.05) is 12.3 Å². The molecule has 0 saturated carbocycles. The minimum atomic E-state index is -0.387. The zero-order valence-electron chi connectivity index (χ0n) is 11.4. The Balaban J connectivity index is 1.93. The number of rotatable bonds is 4. The number of non-ortho nitro benzene ring substituents is 1. The van der Waals surface area contributed by atoms with E-state index in [0.29, 0.717) is 17.4 Å². The van der Waals surface area contributed by atoms with Gasteiger partial charge < -0.3 is 4.74 Å². The molecule has 0 unspecified atom stereocenters. The summed E-state index contributed by atoms with van der Waals surface area (Å²) in [4.78, 5) is 10.6. The highest BCUT2D eigenvalue weighted by Crippen LogP contribution is 2.24. The van der Waals surface area contributed by atoms with Crippen molar-refractivity contribution in [2.45, 2.75) is 6.54 Å². The van der Waals surface area contributed by atoms with E-state index < -0.39 is 0 Å². The van der Waals surface area contributed by atoms with Crippen molar-refractivity contribution >= 4 is 16.6 Å². The summed E-state index contributed by atoms with van der Waals surface area (Å²) in [7, 11) is 1.62. The number of hydrogen-bond acceptors (Lipinski definition) is 4. The first-order valence-electron chi connectivity index (χ1n) is 6.41. The molecule has 3 aromatic rings. The Morgan fingerprint density at radius 1 is 1.24 bits per heavy atom. The first-order valence-corrected chi connectivity index (χ1v) is 6.41. The number of nitro groups is 1. The lowest BCUT2D eigenvalue weighted by atomic mass is 10.2. The third-order valence-electron chi connectivity index (χ3n) is 3.27. The van der Waals surface area contributed by atoms with E-state index >= 15 is 0 Å². The van der Waals surface area contributed by atoms with Gasteiger partial charge in [-0.05, 0) is 23.8 Å². The van der Waals surface area contributed by atoms with Crippen LogP contribution in [-0.2, 0) is 6.54 Å². The minimum Gasteiger partial charge on any atom is -0.497 e. The van der Waals surface area contributed by atoms with Crippen molar-refractivity contribution in [2.24, 2.45) is 0 Å². The highest BCUT2D eigenvalue weighted by molar-refractivity contribution is 5.87. The van der Waals surface area contributed by atoms with Crippen molar-refractivity contribution in [2.75, 3.05) is 7.11 Å². The summed E-state index contributed by atoms with van der Waals surface area (Å²) in [5.74, 6) is 0.792. The maximum Gasteiger partial charge on any atom is 0.280 e. The van der Waals surface area contributed by atoms with Crippen molar-refractivity contribution in [1.82, 2.24) is 9.78 Å². The van der Waals surface area contributed by atoms with Crippen molar-refractivity contribution < 1.29 is 9.66 Å². The summed E-state index contributed by atoms with van der Waals surface area (Å²) in [6.07, 6.45) is 1.71. The second-order valence-corrected chi connectivity index (χ2v) is 4.64. The summed E-state index contributed by atoms with van der Waals surface area (Å²) in [5, 5.41) is 15.9. The molecule has 6 heteroatoms. The molecule has 0 radical (unpaired) electrons. The lowest BCUT2D eigenvalue weighted by Crippen LogP contribution is -1.99. The van der Waals surface area contributed by atoms with Gasteiger partial charge in [0.25, 0.3) is 5.69 Å². The Morgan fingerprint density at radius 3 is 2.67 bits per heavy atom. The largest absolute Gasteiger partial charge is 0.497 e. The van der Waals surface area contributed by atoms with Crippen LogP contribution < -0.4 is 4.74 Å². The zero-order chi connectivity index (χ0) is 14.8. The molecule has 0 aliphatic heterocycles. The molecule has 0 atom stereocenters. The van der Waals surface area contributed by atoms with Gasteiger partial charge in [-0.1, -0.05) is 18.2 Å². The number of benzene rings is 2. The molecule has 6 nitrogen and oxygen atoms in total. The molecule has 0 saturated heterocycles. The molecule has 21 heavy (non-hydrogen) atoms. The van der Waals surface area contributed by atoms with Crippen LogP contribution in [0.15, 0.2) is 48.7 Å². The second-order valence-electron chi connectivity index (χ2n) is 4.64. The summed E-state index contributed by atoms with van der Waals surface area (Å²) >= 11 is 0. The molecule has 0 amide bonds. The van der Waals surface area contributed by atoms with Crippen molar-refractivity contribution in [3.05, 3.63) is 64.3 Å². The molecule has 3 rings (SSSR count). The Morgan fingerprint density at radius 2 is 2.00 bits per heavy atom. The average molecular weight is 283 g/mol. The van der Waals surface area contributed by atoms with Gasteiger partial charge in [0.2, 0.25) is 0 Å². The molecule has 2 aromatic carbocycles. The molecule has 106 valence electrons. The van der Waals surface area contributed by atoms with Crippen LogP contribution in [0.1, 0.15) is 5.56 Å². The number of aromatic nitrogens is 2. The van der Waals surface area contributed by atoms with Crippen molar-refractivity contribution in [3.63, 3.8) is 0 Å². The fraction of sp³-hybridized carbons (Fsp3) is 0.133. The Bertz CT molecular complexity index is 794. The fourth-order valence-corrected chi connectivity index (χ4v) is 2.24. The summed E-state index contributed by atoms with van der Waals surface area (Å²) in [6, 6.07) is 12.5. The molecule has 0 aliphatic carbocycles. The minimum absolute atomic E-state index is 0.0773. The smallest absolute Gasteiger partial charge is 0.280 e. The van der Waals surface area contributed by atoms with Crippen molar-refractivity contribution in [1.29, 1.82) is 0 Å². The van der Waals surface area contributed by atoms with E-state index in [2.05, 4.69) is 5.10 Å². The number of nitrogens with zero attached hydrogens (tertiary/aromatic N) is 3. The molecule has 0 aliphatic rings. The first kappa shape index (κ1) is 13.1. The predicted molar refractivity (Wildman–Crippen MR) is 78.5 cm³/mol. The Labute approximate surface area is 120 Å². The van der Waals surface area contributed by atoms with E-state index in [-0.39, 0.29) is 10.6 Å². The third kappa shape index (κ3) is 2.55. The Hall–Kier alpha value is -2.89. The monoisotopic (exact) mass is 283 g/mol. The average Bonchev–Trinajstić information content (AvgIpc) is 2.89. The number of nitro benzene ring substituents is 1. The maximum absolute atomic E-state index is 11.0. The van der Waals surface area contributed by atoms with Gasteiger partial charge >= 0.3 is 0 Å². The van der Waals surface area contributed by atoms with Crippen molar-refractivity contribution in [3.8, 4) is 5.75 Å². The van der Waals surface area contributed by atoms with Gasteiger partial charge in [-0.2, -0.15) is 5.10 Å². The molecule has 0 N–H and O–H groups in total. The summed E-state index contributed by atoms with van der Waals surface area (Å²) in [5.41, 5.74) is 1.75. The lowest BCUT2D eigenvalue weighted by Gasteiger charge is -2.03. The number of hydrogen-bond donors (Lipinski definition) is 0. The predicted octanol–water partition coefficient (Wildman–Crippen LogP) is 3.00. The maximum atomic E-state index is 11.0. The SMILES string of the molecule is COc1ccc(Cn2cc3c([N+](=O)[O-])cccc3n2)cc1.